The molecule has 1 aromatic carbocycles. The summed E-state index contributed by atoms with van der Waals surface area (Å²) in [5, 5.41) is 5.82. The van der Waals surface area contributed by atoms with Crippen LogP contribution in [0.1, 0.15) is 19.4 Å². The molecule has 1 amide bonds. The molecule has 1 atom stereocenters. The average molecular weight is 315 g/mol. The van der Waals surface area contributed by atoms with Crippen molar-refractivity contribution in [1.29, 1.82) is 0 Å². The topological polar surface area (TPSA) is 50.4 Å². The van der Waals surface area contributed by atoms with Gasteiger partial charge in [-0.25, -0.2) is 0 Å². The van der Waals surface area contributed by atoms with Gasteiger partial charge in [-0.05, 0) is 42.9 Å². The van der Waals surface area contributed by atoms with Gasteiger partial charge in [0.05, 0.1) is 4.47 Å². The van der Waals surface area contributed by atoms with Gasteiger partial charge in [-0.15, -0.1) is 0 Å². The number of nitrogens with one attached hydrogen (secondary N) is 2. The lowest BCUT2D eigenvalue weighted by Crippen LogP contribution is -2.36. The first-order chi connectivity index (χ1) is 8.60. The van der Waals surface area contributed by atoms with Gasteiger partial charge in [-0.2, -0.15) is 0 Å². The van der Waals surface area contributed by atoms with Crippen molar-refractivity contribution in [2.24, 2.45) is 0 Å². The molecular weight excluding hydrogens is 296 g/mol. The molecule has 18 heavy (non-hydrogen) atoms. The van der Waals surface area contributed by atoms with E-state index in [0.29, 0.717) is 18.8 Å². The molecule has 0 saturated heterocycles. The molecule has 1 rings (SSSR count). The molecule has 0 fully saturated rings. The lowest BCUT2D eigenvalue weighted by Gasteiger charge is -2.18. The largest absolute Gasteiger partial charge is 0.479 e. The van der Waals surface area contributed by atoms with E-state index in [0.717, 1.165) is 10.0 Å². The zero-order valence-electron chi connectivity index (χ0n) is 10.9. The van der Waals surface area contributed by atoms with Crippen molar-refractivity contribution in [2.75, 3.05) is 13.6 Å². The smallest absolute Gasteiger partial charge is 0.260 e. The van der Waals surface area contributed by atoms with E-state index in [2.05, 4.69) is 26.6 Å². The molecule has 0 heterocycles. The van der Waals surface area contributed by atoms with E-state index >= 15 is 0 Å². The number of likely N-dealkylation sites (N-methyl/N-ethyl adjacent to an activating group) is 1. The van der Waals surface area contributed by atoms with E-state index in [-0.39, 0.29) is 5.91 Å². The fourth-order valence-corrected chi connectivity index (χ4v) is 2.06. The van der Waals surface area contributed by atoms with Gasteiger partial charge in [-0.3, -0.25) is 4.79 Å². The van der Waals surface area contributed by atoms with Gasteiger partial charge < -0.3 is 15.4 Å². The molecular formula is C13H19BrN2O2. The molecule has 5 heteroatoms. The van der Waals surface area contributed by atoms with Crippen molar-refractivity contribution in [3.05, 3.63) is 28.2 Å². The zero-order chi connectivity index (χ0) is 13.5. The number of carbonyl (C=O) groups is 1. The molecule has 0 radical (unpaired) electrons. The van der Waals surface area contributed by atoms with Gasteiger partial charge in [0, 0.05) is 18.7 Å². The number of ether oxygens (including phenoxy) is 1. The molecule has 4 nitrogen and oxygen atoms in total. The van der Waals surface area contributed by atoms with Gasteiger partial charge in [0.2, 0.25) is 0 Å². The number of carbonyl (C=O) groups excluding carboxylic acids is 1. The summed E-state index contributed by atoms with van der Waals surface area (Å²) in [6, 6.07) is 5.82. The third-order valence-electron chi connectivity index (χ3n) is 2.43. The maximum Gasteiger partial charge on any atom is 0.260 e. The number of hydrogen-bond donors (Lipinski definition) is 2. The summed E-state index contributed by atoms with van der Waals surface area (Å²) in [5.41, 5.74) is 1.02. The highest BCUT2D eigenvalue weighted by molar-refractivity contribution is 9.10. The SMILES string of the molecule is CCNC(=O)C(C)Oc1c(Br)cccc1CNC. The summed E-state index contributed by atoms with van der Waals surface area (Å²) in [4.78, 5) is 11.7. The molecule has 0 aliphatic carbocycles. The van der Waals surface area contributed by atoms with E-state index in [4.69, 9.17) is 4.74 Å². The maximum atomic E-state index is 11.7. The van der Waals surface area contributed by atoms with Gasteiger partial charge in [-0.1, -0.05) is 12.1 Å². The number of rotatable bonds is 6. The van der Waals surface area contributed by atoms with Gasteiger partial charge >= 0.3 is 0 Å². The lowest BCUT2D eigenvalue weighted by atomic mass is 10.2. The highest BCUT2D eigenvalue weighted by Gasteiger charge is 2.17. The van der Waals surface area contributed by atoms with Crippen LogP contribution in [0.4, 0.5) is 0 Å². The second-order valence-corrected chi connectivity index (χ2v) is 4.77. The molecule has 0 aromatic heterocycles. The van der Waals surface area contributed by atoms with Crippen LogP contribution in [0.5, 0.6) is 5.75 Å². The maximum absolute atomic E-state index is 11.7. The second kappa shape index (κ2) is 7.38. The van der Waals surface area contributed by atoms with E-state index in [1.807, 2.05) is 32.2 Å². The van der Waals surface area contributed by atoms with Crippen molar-refractivity contribution in [3.63, 3.8) is 0 Å². The van der Waals surface area contributed by atoms with Crippen LogP contribution in [0.3, 0.4) is 0 Å². The highest BCUT2D eigenvalue weighted by atomic mass is 79.9. The Morgan fingerprint density at radius 3 is 2.83 bits per heavy atom. The predicted molar refractivity (Wildman–Crippen MR) is 75.7 cm³/mol. The van der Waals surface area contributed by atoms with Crippen LogP contribution in [0.25, 0.3) is 0 Å². The minimum absolute atomic E-state index is 0.108. The number of benzene rings is 1. The Morgan fingerprint density at radius 2 is 2.22 bits per heavy atom. The van der Waals surface area contributed by atoms with Crippen LogP contribution >= 0.6 is 15.9 Å². The molecule has 1 unspecified atom stereocenters. The van der Waals surface area contributed by atoms with Crippen LogP contribution in [0.2, 0.25) is 0 Å². The summed E-state index contributed by atoms with van der Waals surface area (Å²) >= 11 is 3.45. The van der Waals surface area contributed by atoms with Crippen LogP contribution in [-0.2, 0) is 11.3 Å². The number of halogens is 1. The third kappa shape index (κ3) is 3.99. The van der Waals surface area contributed by atoms with E-state index < -0.39 is 6.10 Å². The van der Waals surface area contributed by atoms with Crippen LogP contribution in [0, 0.1) is 0 Å². The van der Waals surface area contributed by atoms with Gasteiger partial charge in [0.25, 0.3) is 5.91 Å². The summed E-state index contributed by atoms with van der Waals surface area (Å²) in [6.07, 6.45) is -0.515. The first-order valence-electron chi connectivity index (χ1n) is 5.96. The van der Waals surface area contributed by atoms with Crippen LogP contribution in [0.15, 0.2) is 22.7 Å². The summed E-state index contributed by atoms with van der Waals surface area (Å²) < 4.78 is 6.60. The molecule has 0 aliphatic rings. The van der Waals surface area contributed by atoms with E-state index in [1.165, 1.54) is 0 Å². The second-order valence-electron chi connectivity index (χ2n) is 3.91. The Bertz CT molecular complexity index is 410. The molecule has 2 N–H and O–H groups in total. The number of amides is 1. The Labute approximate surface area is 116 Å². The number of para-hydroxylation sites is 1. The van der Waals surface area contributed by atoms with Crippen molar-refractivity contribution < 1.29 is 9.53 Å². The van der Waals surface area contributed by atoms with Gasteiger partial charge in [0.1, 0.15) is 5.75 Å². The fourth-order valence-electron chi connectivity index (χ4n) is 1.56. The predicted octanol–water partition coefficient (Wildman–Crippen LogP) is 2.07. The minimum Gasteiger partial charge on any atom is -0.479 e. The molecule has 100 valence electrons. The summed E-state index contributed by atoms with van der Waals surface area (Å²) in [6.45, 7) is 4.92. The highest BCUT2D eigenvalue weighted by Crippen LogP contribution is 2.29. The van der Waals surface area contributed by atoms with Crippen molar-refractivity contribution in [3.8, 4) is 5.75 Å². The number of hydrogen-bond acceptors (Lipinski definition) is 3. The molecule has 0 bridgehead atoms. The standard InChI is InChI=1S/C13H19BrN2O2/c1-4-16-13(17)9(2)18-12-10(8-15-3)6-5-7-11(12)14/h5-7,9,15H,4,8H2,1-3H3,(H,16,17). The van der Waals surface area contributed by atoms with Crippen molar-refractivity contribution in [2.45, 2.75) is 26.5 Å². The Balaban J connectivity index is 2.85. The Morgan fingerprint density at radius 1 is 1.50 bits per heavy atom. The first-order valence-corrected chi connectivity index (χ1v) is 6.75. The normalized spacial score (nSPS) is 12.0. The molecule has 1 aromatic rings. The average Bonchev–Trinajstić information content (AvgIpc) is 2.34. The minimum atomic E-state index is -0.515. The van der Waals surface area contributed by atoms with Gasteiger partial charge in [0.15, 0.2) is 6.10 Å². The Hall–Kier alpha value is -1.07. The monoisotopic (exact) mass is 314 g/mol. The quantitative estimate of drug-likeness (QED) is 0.845. The molecule has 0 aliphatic heterocycles. The molecule has 0 saturated carbocycles. The third-order valence-corrected chi connectivity index (χ3v) is 3.06. The summed E-state index contributed by atoms with van der Waals surface area (Å²) in [5.74, 6) is 0.606. The van der Waals surface area contributed by atoms with E-state index in [9.17, 15) is 4.79 Å². The Kier molecular flexibility index (Phi) is 6.15. The molecule has 0 spiro atoms. The fraction of sp³-hybridized carbons (Fsp3) is 0.462. The van der Waals surface area contributed by atoms with Crippen molar-refractivity contribution in [1.82, 2.24) is 10.6 Å². The van der Waals surface area contributed by atoms with Crippen LogP contribution in [-0.4, -0.2) is 25.6 Å². The lowest BCUT2D eigenvalue weighted by molar-refractivity contribution is -0.127. The van der Waals surface area contributed by atoms with Crippen LogP contribution < -0.4 is 15.4 Å². The zero-order valence-corrected chi connectivity index (χ0v) is 12.5. The van der Waals surface area contributed by atoms with Crippen molar-refractivity contribution >= 4 is 21.8 Å². The first kappa shape index (κ1) is 15.0. The van der Waals surface area contributed by atoms with E-state index in [1.54, 1.807) is 6.92 Å². The summed E-state index contributed by atoms with van der Waals surface area (Å²) in [7, 11) is 1.87.